The molecule has 0 spiro atoms. The Morgan fingerprint density at radius 1 is 1.56 bits per heavy atom. The number of likely N-dealkylation sites (N-methyl/N-ethyl adjacent to an activating group) is 1. The standard InChI is InChI=1S/C10H17ClN4O/c1-10(16,7-15(2)3)6-13-8-4-5-12-9(11)14-8/h4-5,16H,6-7H2,1-3H3,(H,12,13,14). The second-order valence-electron chi connectivity index (χ2n) is 4.30. The van der Waals surface area contributed by atoms with Crippen molar-refractivity contribution >= 4 is 17.4 Å². The lowest BCUT2D eigenvalue weighted by Gasteiger charge is -2.27. The van der Waals surface area contributed by atoms with Crippen LogP contribution in [0.3, 0.4) is 0 Å². The van der Waals surface area contributed by atoms with Gasteiger partial charge in [0.1, 0.15) is 5.82 Å². The maximum atomic E-state index is 10.0. The summed E-state index contributed by atoms with van der Waals surface area (Å²) in [6, 6.07) is 1.71. The molecule has 0 bridgehead atoms. The molecule has 0 aliphatic rings. The molecule has 0 aliphatic heterocycles. The number of aliphatic hydroxyl groups is 1. The van der Waals surface area contributed by atoms with Crippen LogP contribution in [0.25, 0.3) is 0 Å². The van der Waals surface area contributed by atoms with Gasteiger partial charge in [0.15, 0.2) is 0 Å². The fraction of sp³-hybridized carbons (Fsp3) is 0.600. The van der Waals surface area contributed by atoms with Gasteiger partial charge in [0, 0.05) is 19.3 Å². The topological polar surface area (TPSA) is 61.3 Å². The largest absolute Gasteiger partial charge is 0.387 e. The number of hydrogen-bond donors (Lipinski definition) is 2. The number of aromatic nitrogens is 2. The van der Waals surface area contributed by atoms with E-state index >= 15 is 0 Å². The molecule has 6 heteroatoms. The third kappa shape index (κ3) is 4.74. The molecule has 0 amide bonds. The Bertz CT molecular complexity index is 343. The number of anilines is 1. The molecule has 1 aromatic heterocycles. The van der Waals surface area contributed by atoms with Crippen LogP contribution in [-0.4, -0.2) is 52.8 Å². The highest BCUT2D eigenvalue weighted by molar-refractivity contribution is 6.28. The van der Waals surface area contributed by atoms with Gasteiger partial charge in [-0.25, -0.2) is 9.97 Å². The van der Waals surface area contributed by atoms with Gasteiger partial charge >= 0.3 is 0 Å². The van der Waals surface area contributed by atoms with E-state index in [0.717, 1.165) is 0 Å². The number of halogens is 1. The Labute approximate surface area is 100 Å². The smallest absolute Gasteiger partial charge is 0.224 e. The molecule has 0 fully saturated rings. The summed E-state index contributed by atoms with van der Waals surface area (Å²) in [5.41, 5.74) is -0.819. The fourth-order valence-electron chi connectivity index (χ4n) is 1.45. The van der Waals surface area contributed by atoms with Gasteiger partial charge in [0.05, 0.1) is 5.60 Å². The van der Waals surface area contributed by atoms with Gasteiger partial charge in [0.25, 0.3) is 0 Å². The highest BCUT2D eigenvalue weighted by Gasteiger charge is 2.21. The predicted molar refractivity (Wildman–Crippen MR) is 64.7 cm³/mol. The Morgan fingerprint density at radius 2 is 2.25 bits per heavy atom. The maximum absolute atomic E-state index is 10.0. The zero-order chi connectivity index (χ0) is 12.2. The lowest BCUT2D eigenvalue weighted by molar-refractivity contribution is 0.0459. The summed E-state index contributed by atoms with van der Waals surface area (Å²) in [6.45, 7) is 2.74. The first-order valence-electron chi connectivity index (χ1n) is 4.98. The van der Waals surface area contributed by atoms with Gasteiger partial charge in [-0.1, -0.05) is 0 Å². The number of nitrogens with zero attached hydrogens (tertiary/aromatic N) is 3. The SMILES string of the molecule is CN(C)CC(C)(O)CNc1ccnc(Cl)n1. The Kier molecular flexibility index (Phi) is 4.46. The summed E-state index contributed by atoms with van der Waals surface area (Å²) in [6.07, 6.45) is 1.57. The lowest BCUT2D eigenvalue weighted by Crippen LogP contribution is -2.43. The van der Waals surface area contributed by atoms with Crippen molar-refractivity contribution < 1.29 is 5.11 Å². The van der Waals surface area contributed by atoms with Crippen molar-refractivity contribution in [2.45, 2.75) is 12.5 Å². The minimum absolute atomic E-state index is 0.192. The van der Waals surface area contributed by atoms with E-state index in [1.807, 2.05) is 19.0 Å². The molecule has 0 radical (unpaired) electrons. The molecule has 90 valence electrons. The molecule has 1 heterocycles. The van der Waals surface area contributed by atoms with Crippen LogP contribution in [0, 0.1) is 0 Å². The molecule has 1 rings (SSSR count). The molecule has 1 aromatic rings. The quantitative estimate of drug-likeness (QED) is 0.753. The van der Waals surface area contributed by atoms with Gasteiger partial charge in [-0.05, 0) is 38.7 Å². The van der Waals surface area contributed by atoms with Crippen LogP contribution in [0.5, 0.6) is 0 Å². The number of nitrogens with one attached hydrogen (secondary N) is 1. The molecule has 2 N–H and O–H groups in total. The molecular weight excluding hydrogens is 228 g/mol. The fourth-order valence-corrected chi connectivity index (χ4v) is 1.60. The van der Waals surface area contributed by atoms with Crippen LogP contribution >= 0.6 is 11.6 Å². The molecule has 0 saturated heterocycles. The molecule has 5 nitrogen and oxygen atoms in total. The number of rotatable bonds is 5. The van der Waals surface area contributed by atoms with Crippen LogP contribution < -0.4 is 5.32 Å². The Hall–Kier alpha value is -0.910. The molecule has 0 saturated carbocycles. The van der Waals surface area contributed by atoms with Crippen molar-refractivity contribution in [1.82, 2.24) is 14.9 Å². The third-order valence-electron chi connectivity index (χ3n) is 1.93. The average molecular weight is 245 g/mol. The third-order valence-corrected chi connectivity index (χ3v) is 2.12. The van der Waals surface area contributed by atoms with E-state index < -0.39 is 5.60 Å². The zero-order valence-corrected chi connectivity index (χ0v) is 10.5. The summed E-state index contributed by atoms with van der Waals surface area (Å²) in [7, 11) is 3.83. The van der Waals surface area contributed by atoms with Gasteiger partial charge < -0.3 is 15.3 Å². The maximum Gasteiger partial charge on any atom is 0.224 e. The van der Waals surface area contributed by atoms with Crippen molar-refractivity contribution in [2.75, 3.05) is 32.5 Å². The lowest BCUT2D eigenvalue weighted by atomic mass is 10.1. The first-order chi connectivity index (χ1) is 7.39. The molecular formula is C10H17ClN4O. The minimum atomic E-state index is -0.819. The van der Waals surface area contributed by atoms with E-state index in [1.54, 1.807) is 19.2 Å². The van der Waals surface area contributed by atoms with Crippen LogP contribution in [0.4, 0.5) is 5.82 Å². The predicted octanol–water partition coefficient (Wildman–Crippen LogP) is 0.854. The van der Waals surface area contributed by atoms with E-state index in [-0.39, 0.29) is 5.28 Å². The molecule has 16 heavy (non-hydrogen) atoms. The van der Waals surface area contributed by atoms with Crippen molar-refractivity contribution in [3.8, 4) is 0 Å². The van der Waals surface area contributed by atoms with E-state index in [1.165, 1.54) is 0 Å². The zero-order valence-electron chi connectivity index (χ0n) is 9.74. The van der Waals surface area contributed by atoms with Gasteiger partial charge in [-0.3, -0.25) is 0 Å². The van der Waals surface area contributed by atoms with Crippen molar-refractivity contribution in [3.63, 3.8) is 0 Å². The van der Waals surface area contributed by atoms with Crippen LogP contribution in [-0.2, 0) is 0 Å². The first-order valence-corrected chi connectivity index (χ1v) is 5.36. The van der Waals surface area contributed by atoms with Crippen molar-refractivity contribution in [2.24, 2.45) is 0 Å². The highest BCUT2D eigenvalue weighted by atomic mass is 35.5. The molecule has 1 atom stereocenters. The summed E-state index contributed by atoms with van der Waals surface area (Å²) < 4.78 is 0. The average Bonchev–Trinajstić information content (AvgIpc) is 2.13. The summed E-state index contributed by atoms with van der Waals surface area (Å²) >= 11 is 5.65. The van der Waals surface area contributed by atoms with Crippen LogP contribution in [0.2, 0.25) is 5.28 Å². The second-order valence-corrected chi connectivity index (χ2v) is 4.64. The van der Waals surface area contributed by atoms with Gasteiger partial charge in [-0.15, -0.1) is 0 Å². The summed E-state index contributed by atoms with van der Waals surface area (Å²) in [4.78, 5) is 9.68. The summed E-state index contributed by atoms with van der Waals surface area (Å²) in [5, 5.41) is 13.2. The molecule has 1 unspecified atom stereocenters. The van der Waals surface area contributed by atoms with Gasteiger partial charge in [-0.2, -0.15) is 0 Å². The molecule has 0 aromatic carbocycles. The summed E-state index contributed by atoms with van der Waals surface area (Å²) in [5.74, 6) is 0.610. The van der Waals surface area contributed by atoms with E-state index in [9.17, 15) is 5.11 Å². The van der Waals surface area contributed by atoms with E-state index in [0.29, 0.717) is 18.9 Å². The second kappa shape index (κ2) is 5.43. The normalized spacial score (nSPS) is 14.9. The van der Waals surface area contributed by atoms with E-state index in [4.69, 9.17) is 11.6 Å². The first kappa shape index (κ1) is 13.2. The van der Waals surface area contributed by atoms with Crippen LogP contribution in [0.15, 0.2) is 12.3 Å². The molecule has 0 aliphatic carbocycles. The van der Waals surface area contributed by atoms with Gasteiger partial charge in [0.2, 0.25) is 5.28 Å². The van der Waals surface area contributed by atoms with Crippen molar-refractivity contribution in [1.29, 1.82) is 0 Å². The van der Waals surface area contributed by atoms with Crippen molar-refractivity contribution in [3.05, 3.63) is 17.5 Å². The van der Waals surface area contributed by atoms with E-state index in [2.05, 4.69) is 15.3 Å². The number of hydrogen-bond acceptors (Lipinski definition) is 5. The minimum Gasteiger partial charge on any atom is -0.387 e. The highest BCUT2D eigenvalue weighted by Crippen LogP contribution is 2.09. The Morgan fingerprint density at radius 3 is 2.81 bits per heavy atom. The van der Waals surface area contributed by atoms with Crippen LogP contribution in [0.1, 0.15) is 6.92 Å². The Balaban J connectivity index is 2.50. The monoisotopic (exact) mass is 244 g/mol.